The summed E-state index contributed by atoms with van der Waals surface area (Å²) in [5.41, 5.74) is 0.382. The number of nitrogens with zero attached hydrogens (tertiary/aromatic N) is 1. The SMILES string of the molecule is CCN(CC(C)C)C(=O)c1cccc(F)c1Br. The average molecular weight is 302 g/mol. The molecule has 0 spiro atoms. The Morgan fingerprint density at radius 1 is 1.47 bits per heavy atom. The molecule has 0 heterocycles. The molecule has 0 aliphatic heterocycles. The van der Waals surface area contributed by atoms with Crippen LogP contribution in [0.1, 0.15) is 31.1 Å². The zero-order valence-corrected chi connectivity index (χ0v) is 11.9. The maximum absolute atomic E-state index is 13.4. The van der Waals surface area contributed by atoms with E-state index in [0.717, 1.165) is 0 Å². The lowest BCUT2D eigenvalue weighted by atomic mass is 10.1. The molecule has 1 amide bonds. The number of hydrogen-bond acceptors (Lipinski definition) is 1. The Morgan fingerprint density at radius 2 is 2.12 bits per heavy atom. The van der Waals surface area contributed by atoms with Crippen LogP contribution in [-0.2, 0) is 0 Å². The molecule has 0 radical (unpaired) electrons. The molecule has 2 nitrogen and oxygen atoms in total. The van der Waals surface area contributed by atoms with Crippen LogP contribution in [-0.4, -0.2) is 23.9 Å². The number of carbonyl (C=O) groups is 1. The highest BCUT2D eigenvalue weighted by Gasteiger charge is 2.19. The van der Waals surface area contributed by atoms with Crippen molar-refractivity contribution in [1.82, 2.24) is 4.90 Å². The molecule has 1 rings (SSSR count). The molecule has 1 aromatic carbocycles. The van der Waals surface area contributed by atoms with Gasteiger partial charge in [-0.2, -0.15) is 0 Å². The Labute approximate surface area is 110 Å². The molecule has 0 saturated carbocycles. The molecule has 0 aromatic heterocycles. The second kappa shape index (κ2) is 6.15. The van der Waals surface area contributed by atoms with Gasteiger partial charge in [-0.25, -0.2) is 4.39 Å². The number of carbonyl (C=O) groups excluding carboxylic acids is 1. The molecule has 0 unspecified atom stereocenters. The summed E-state index contributed by atoms with van der Waals surface area (Å²) in [6, 6.07) is 4.52. The van der Waals surface area contributed by atoms with E-state index >= 15 is 0 Å². The lowest BCUT2D eigenvalue weighted by Gasteiger charge is -2.23. The molecule has 0 bridgehead atoms. The van der Waals surface area contributed by atoms with Gasteiger partial charge < -0.3 is 4.90 Å². The molecule has 0 atom stereocenters. The first-order valence-corrected chi connectivity index (χ1v) is 6.50. The van der Waals surface area contributed by atoms with Crippen molar-refractivity contribution in [2.24, 2.45) is 5.92 Å². The molecular formula is C13H17BrFNO. The van der Waals surface area contributed by atoms with Crippen molar-refractivity contribution >= 4 is 21.8 Å². The third kappa shape index (κ3) is 3.53. The van der Waals surface area contributed by atoms with Gasteiger partial charge >= 0.3 is 0 Å². The molecule has 0 aliphatic rings. The Bertz CT molecular complexity index is 406. The van der Waals surface area contributed by atoms with Gasteiger partial charge in [-0.05, 0) is 40.9 Å². The molecular weight excluding hydrogens is 285 g/mol. The summed E-state index contributed by atoms with van der Waals surface area (Å²) in [7, 11) is 0. The van der Waals surface area contributed by atoms with Crippen LogP contribution in [0.4, 0.5) is 4.39 Å². The Morgan fingerprint density at radius 3 is 2.65 bits per heavy atom. The third-order valence-electron chi connectivity index (χ3n) is 2.44. The molecule has 17 heavy (non-hydrogen) atoms. The van der Waals surface area contributed by atoms with Crippen LogP contribution in [0.5, 0.6) is 0 Å². The number of amides is 1. The summed E-state index contributed by atoms with van der Waals surface area (Å²) in [6.45, 7) is 7.33. The summed E-state index contributed by atoms with van der Waals surface area (Å²) in [5, 5.41) is 0. The maximum Gasteiger partial charge on any atom is 0.255 e. The smallest absolute Gasteiger partial charge is 0.255 e. The van der Waals surface area contributed by atoms with Gasteiger partial charge in [0.1, 0.15) is 5.82 Å². The molecule has 0 aliphatic carbocycles. The van der Waals surface area contributed by atoms with Crippen molar-refractivity contribution < 1.29 is 9.18 Å². The zero-order valence-electron chi connectivity index (χ0n) is 10.3. The quantitative estimate of drug-likeness (QED) is 0.830. The van der Waals surface area contributed by atoms with Crippen LogP contribution >= 0.6 is 15.9 Å². The first-order chi connectivity index (χ1) is 7.97. The van der Waals surface area contributed by atoms with Gasteiger partial charge in [0.05, 0.1) is 10.0 Å². The van der Waals surface area contributed by atoms with Gasteiger partial charge in [0.15, 0.2) is 0 Å². The lowest BCUT2D eigenvalue weighted by molar-refractivity contribution is 0.0744. The van der Waals surface area contributed by atoms with Crippen molar-refractivity contribution in [3.05, 3.63) is 34.1 Å². The minimum atomic E-state index is -0.406. The first-order valence-electron chi connectivity index (χ1n) is 5.70. The van der Waals surface area contributed by atoms with E-state index in [1.165, 1.54) is 6.07 Å². The summed E-state index contributed by atoms with van der Waals surface area (Å²) in [5.74, 6) is -0.143. The van der Waals surface area contributed by atoms with E-state index in [1.807, 2.05) is 6.92 Å². The first kappa shape index (κ1) is 14.2. The van der Waals surface area contributed by atoms with E-state index in [0.29, 0.717) is 24.6 Å². The highest BCUT2D eigenvalue weighted by Crippen LogP contribution is 2.22. The summed E-state index contributed by atoms with van der Waals surface area (Å²) in [6.07, 6.45) is 0. The predicted molar refractivity (Wildman–Crippen MR) is 70.5 cm³/mol. The summed E-state index contributed by atoms with van der Waals surface area (Å²) >= 11 is 3.12. The minimum Gasteiger partial charge on any atom is -0.339 e. The van der Waals surface area contributed by atoms with Crippen LogP contribution in [0.2, 0.25) is 0 Å². The number of halogens is 2. The van der Waals surface area contributed by atoms with E-state index in [-0.39, 0.29) is 10.4 Å². The van der Waals surface area contributed by atoms with Crippen molar-refractivity contribution in [3.63, 3.8) is 0 Å². The van der Waals surface area contributed by atoms with Crippen molar-refractivity contribution in [3.8, 4) is 0 Å². The van der Waals surface area contributed by atoms with Crippen molar-refractivity contribution in [2.45, 2.75) is 20.8 Å². The normalized spacial score (nSPS) is 10.7. The largest absolute Gasteiger partial charge is 0.339 e. The topological polar surface area (TPSA) is 20.3 Å². The second-order valence-corrected chi connectivity index (χ2v) is 5.13. The monoisotopic (exact) mass is 301 g/mol. The Kier molecular flexibility index (Phi) is 5.12. The molecule has 94 valence electrons. The fourth-order valence-corrected chi connectivity index (χ4v) is 2.07. The Balaban J connectivity index is 2.98. The van der Waals surface area contributed by atoms with E-state index in [2.05, 4.69) is 29.8 Å². The zero-order chi connectivity index (χ0) is 13.0. The van der Waals surface area contributed by atoms with E-state index in [9.17, 15) is 9.18 Å². The molecule has 0 N–H and O–H groups in total. The molecule has 4 heteroatoms. The maximum atomic E-state index is 13.4. The van der Waals surface area contributed by atoms with Crippen molar-refractivity contribution in [1.29, 1.82) is 0 Å². The summed E-state index contributed by atoms with van der Waals surface area (Å²) in [4.78, 5) is 13.9. The van der Waals surface area contributed by atoms with Gasteiger partial charge in [-0.15, -0.1) is 0 Å². The van der Waals surface area contributed by atoms with Crippen LogP contribution < -0.4 is 0 Å². The van der Waals surface area contributed by atoms with Crippen molar-refractivity contribution in [2.75, 3.05) is 13.1 Å². The Hall–Kier alpha value is -0.900. The van der Waals surface area contributed by atoms with Crippen LogP contribution in [0, 0.1) is 11.7 Å². The fraction of sp³-hybridized carbons (Fsp3) is 0.462. The van der Waals surface area contributed by atoms with E-state index in [4.69, 9.17) is 0 Å². The van der Waals surface area contributed by atoms with Gasteiger partial charge in [-0.1, -0.05) is 19.9 Å². The highest BCUT2D eigenvalue weighted by molar-refractivity contribution is 9.10. The van der Waals surface area contributed by atoms with Crippen LogP contribution in [0.15, 0.2) is 22.7 Å². The molecule has 0 fully saturated rings. The van der Waals surface area contributed by atoms with Crippen LogP contribution in [0.3, 0.4) is 0 Å². The van der Waals surface area contributed by atoms with Crippen LogP contribution in [0.25, 0.3) is 0 Å². The standard InChI is InChI=1S/C13H17BrFNO/c1-4-16(8-9(2)3)13(17)10-6-5-7-11(15)12(10)14/h5-7,9H,4,8H2,1-3H3. The second-order valence-electron chi connectivity index (χ2n) is 4.34. The fourth-order valence-electron chi connectivity index (χ4n) is 1.64. The van der Waals surface area contributed by atoms with Gasteiger partial charge in [-0.3, -0.25) is 4.79 Å². The van der Waals surface area contributed by atoms with E-state index in [1.54, 1.807) is 17.0 Å². The van der Waals surface area contributed by atoms with Gasteiger partial charge in [0, 0.05) is 13.1 Å². The highest BCUT2D eigenvalue weighted by atomic mass is 79.9. The predicted octanol–water partition coefficient (Wildman–Crippen LogP) is 3.71. The summed E-state index contributed by atoms with van der Waals surface area (Å²) < 4.78 is 13.6. The molecule has 1 aromatic rings. The number of benzene rings is 1. The lowest BCUT2D eigenvalue weighted by Crippen LogP contribution is -2.34. The number of rotatable bonds is 4. The van der Waals surface area contributed by atoms with E-state index < -0.39 is 5.82 Å². The number of hydrogen-bond donors (Lipinski definition) is 0. The minimum absolute atomic E-state index is 0.132. The molecule has 0 saturated heterocycles. The third-order valence-corrected chi connectivity index (χ3v) is 3.24. The average Bonchev–Trinajstić information content (AvgIpc) is 2.28. The van der Waals surface area contributed by atoms with Gasteiger partial charge in [0.25, 0.3) is 5.91 Å². The van der Waals surface area contributed by atoms with Gasteiger partial charge in [0.2, 0.25) is 0 Å².